The van der Waals surface area contributed by atoms with E-state index in [2.05, 4.69) is 160 Å². The van der Waals surface area contributed by atoms with E-state index in [1.54, 1.807) is 0 Å². The highest BCUT2D eigenvalue weighted by Gasteiger charge is 2.53. The normalized spacial score (nSPS) is 13.7. The lowest BCUT2D eigenvalue weighted by atomic mass is 10.1. The third-order valence-electron chi connectivity index (χ3n) is 9.79. The number of allylic oxidation sites excluding steroid dienone is 6. The molecule has 0 amide bonds. The number of hydrogen-bond acceptors (Lipinski definition) is 1. The van der Waals surface area contributed by atoms with Crippen LogP contribution in [0.4, 0.5) is 0 Å². The van der Waals surface area contributed by atoms with Crippen molar-refractivity contribution in [2.45, 2.75) is 64.5 Å². The highest BCUT2D eigenvalue weighted by atomic mass is 28.3. The SMILES string of the molecule is C=CC[Si](C1=C(CCCC)C([Si](CC=C)(c2ccccc2)c2ccccc2)=C(CCCC)C1=O)(c1ccccc1)c1ccccc1. The molecule has 0 unspecified atom stereocenters. The molecule has 234 valence electrons. The van der Waals surface area contributed by atoms with E-state index in [9.17, 15) is 0 Å². The molecule has 0 spiro atoms. The van der Waals surface area contributed by atoms with Crippen LogP contribution in [-0.4, -0.2) is 21.9 Å². The van der Waals surface area contributed by atoms with Crippen molar-refractivity contribution >= 4 is 42.7 Å². The van der Waals surface area contributed by atoms with E-state index in [-0.39, 0.29) is 0 Å². The van der Waals surface area contributed by atoms with Gasteiger partial charge in [-0.3, -0.25) is 4.79 Å². The largest absolute Gasteiger partial charge is 0.290 e. The Morgan fingerprint density at radius 3 is 1.15 bits per heavy atom. The quantitative estimate of drug-likeness (QED) is 0.0890. The first-order chi connectivity index (χ1) is 22.6. The molecule has 0 N–H and O–H groups in total. The second kappa shape index (κ2) is 15.5. The number of hydrogen-bond donors (Lipinski definition) is 0. The maximum Gasteiger partial charge on any atom is 0.182 e. The van der Waals surface area contributed by atoms with Gasteiger partial charge in [0.2, 0.25) is 0 Å². The van der Waals surface area contributed by atoms with Crippen LogP contribution in [0.25, 0.3) is 0 Å². The molecule has 0 aliphatic heterocycles. The Bertz CT molecular complexity index is 1610. The first kappa shape index (κ1) is 33.3. The minimum atomic E-state index is -2.85. The fourth-order valence-electron chi connectivity index (χ4n) is 7.78. The molecule has 0 saturated carbocycles. The van der Waals surface area contributed by atoms with Crippen molar-refractivity contribution in [3.8, 4) is 0 Å². The van der Waals surface area contributed by atoms with Gasteiger partial charge in [-0.2, -0.15) is 0 Å². The van der Waals surface area contributed by atoms with Crippen molar-refractivity contribution in [1.82, 2.24) is 0 Å². The Labute approximate surface area is 279 Å². The van der Waals surface area contributed by atoms with Crippen LogP contribution >= 0.6 is 0 Å². The molecule has 1 nitrogen and oxygen atoms in total. The van der Waals surface area contributed by atoms with Crippen molar-refractivity contribution in [2.75, 3.05) is 0 Å². The third kappa shape index (κ3) is 6.06. The number of Topliss-reactive ketones (excluding diaryl/α,β-unsaturated/α-hetero) is 1. The zero-order valence-corrected chi connectivity index (χ0v) is 29.7. The molecule has 3 heteroatoms. The number of unbranched alkanes of at least 4 members (excludes halogenated alkanes) is 2. The second-order valence-electron chi connectivity index (χ2n) is 12.5. The van der Waals surface area contributed by atoms with E-state index in [1.807, 2.05) is 0 Å². The molecule has 0 aromatic heterocycles. The van der Waals surface area contributed by atoms with E-state index < -0.39 is 16.1 Å². The summed E-state index contributed by atoms with van der Waals surface area (Å²) in [5.41, 5.74) is 2.40. The average Bonchev–Trinajstić information content (AvgIpc) is 3.39. The summed E-state index contributed by atoms with van der Waals surface area (Å²) in [7, 11) is -5.60. The Morgan fingerprint density at radius 2 is 0.826 bits per heavy atom. The van der Waals surface area contributed by atoms with Gasteiger partial charge in [0.1, 0.15) is 0 Å². The summed E-state index contributed by atoms with van der Waals surface area (Å²) < 4.78 is 0. The predicted molar refractivity (Wildman–Crippen MR) is 204 cm³/mol. The fourth-order valence-corrected chi connectivity index (χ4v) is 17.8. The smallest absolute Gasteiger partial charge is 0.182 e. The van der Waals surface area contributed by atoms with Crippen LogP contribution in [0.5, 0.6) is 0 Å². The van der Waals surface area contributed by atoms with Gasteiger partial charge in [-0.05, 0) is 74.9 Å². The lowest BCUT2D eigenvalue weighted by molar-refractivity contribution is -0.111. The molecule has 0 atom stereocenters. The van der Waals surface area contributed by atoms with Gasteiger partial charge in [-0.1, -0.05) is 160 Å². The van der Waals surface area contributed by atoms with E-state index in [0.717, 1.165) is 61.4 Å². The fraction of sp³-hybridized carbons (Fsp3) is 0.233. The summed E-state index contributed by atoms with van der Waals surface area (Å²) in [6, 6.07) is 45.6. The first-order valence-electron chi connectivity index (χ1n) is 17.1. The topological polar surface area (TPSA) is 17.1 Å². The van der Waals surface area contributed by atoms with Crippen molar-refractivity contribution < 1.29 is 4.79 Å². The Kier molecular flexibility index (Phi) is 11.2. The molecule has 0 bridgehead atoms. The van der Waals surface area contributed by atoms with Gasteiger partial charge in [-0.15, -0.1) is 13.2 Å². The lowest BCUT2D eigenvalue weighted by Crippen LogP contribution is -2.62. The molecule has 0 fully saturated rings. The zero-order valence-electron chi connectivity index (χ0n) is 27.7. The van der Waals surface area contributed by atoms with Gasteiger partial charge >= 0.3 is 0 Å². The monoisotopic (exact) mass is 636 g/mol. The van der Waals surface area contributed by atoms with E-state index >= 15 is 4.79 Å². The molecule has 0 heterocycles. The van der Waals surface area contributed by atoms with Gasteiger partial charge in [0, 0.05) is 5.20 Å². The Balaban J connectivity index is 1.99. The average molecular weight is 637 g/mol. The van der Waals surface area contributed by atoms with Gasteiger partial charge in [0.15, 0.2) is 21.9 Å². The summed E-state index contributed by atoms with van der Waals surface area (Å²) in [4.78, 5) is 15.7. The molecule has 0 radical (unpaired) electrons. The standard InChI is InChI=1S/C43H48OSi2/c1-5-9-31-39-41(44)43(46(34-8-4,37-27-19-13-20-28-37)38-29-21-14-22-30-38)40(32-10-6-2)42(39)45(33-7-3,35-23-15-11-16-24-35)36-25-17-12-18-26-36/h7-8,11-30H,3-6,9-10,31-34H2,1-2H3. The Morgan fingerprint density at radius 1 is 0.500 bits per heavy atom. The molecule has 1 aliphatic carbocycles. The molecular formula is C43H48OSi2. The zero-order chi connectivity index (χ0) is 32.4. The van der Waals surface area contributed by atoms with Crippen LogP contribution in [0.2, 0.25) is 12.1 Å². The van der Waals surface area contributed by atoms with Crippen molar-refractivity contribution in [3.63, 3.8) is 0 Å². The van der Waals surface area contributed by atoms with Crippen molar-refractivity contribution in [1.29, 1.82) is 0 Å². The second-order valence-corrected chi connectivity index (χ2v) is 20.3. The number of carbonyl (C=O) groups excluding carboxylic acids is 1. The predicted octanol–water partition coefficient (Wildman–Crippen LogP) is 8.52. The van der Waals surface area contributed by atoms with Crippen LogP contribution in [0.1, 0.15) is 52.4 Å². The van der Waals surface area contributed by atoms with Crippen LogP contribution in [0, 0.1) is 0 Å². The molecule has 1 aliphatic rings. The van der Waals surface area contributed by atoms with Crippen molar-refractivity contribution in [3.05, 3.63) is 168 Å². The number of rotatable bonds is 16. The maximum atomic E-state index is 15.7. The van der Waals surface area contributed by atoms with Gasteiger partial charge in [0.05, 0.1) is 0 Å². The van der Waals surface area contributed by atoms with Crippen LogP contribution in [0.3, 0.4) is 0 Å². The number of carbonyl (C=O) groups is 1. The highest BCUT2D eigenvalue weighted by Crippen LogP contribution is 2.45. The van der Waals surface area contributed by atoms with Crippen LogP contribution in [0.15, 0.2) is 168 Å². The number of ketones is 1. The summed E-state index contributed by atoms with van der Waals surface area (Å²) in [6.07, 6.45) is 10.1. The highest BCUT2D eigenvalue weighted by molar-refractivity contribution is 7.12. The molecule has 5 rings (SSSR count). The van der Waals surface area contributed by atoms with Crippen LogP contribution < -0.4 is 20.7 Å². The minimum absolute atomic E-state index is 0.295. The first-order valence-corrected chi connectivity index (χ1v) is 21.5. The summed E-state index contributed by atoms with van der Waals surface area (Å²) in [5, 5.41) is 7.74. The Hall–Kier alpha value is -4.06. The van der Waals surface area contributed by atoms with Gasteiger partial charge in [-0.25, -0.2) is 0 Å². The van der Waals surface area contributed by atoms with Crippen LogP contribution in [-0.2, 0) is 4.79 Å². The lowest BCUT2D eigenvalue weighted by Gasteiger charge is -2.38. The summed E-state index contributed by atoms with van der Waals surface area (Å²) >= 11 is 0. The minimum Gasteiger partial charge on any atom is -0.290 e. The molecule has 4 aromatic carbocycles. The van der Waals surface area contributed by atoms with Gasteiger partial charge in [0.25, 0.3) is 0 Å². The molecule has 4 aromatic rings. The van der Waals surface area contributed by atoms with E-state index in [0.29, 0.717) is 5.78 Å². The van der Waals surface area contributed by atoms with E-state index in [1.165, 1.54) is 31.5 Å². The third-order valence-corrected chi connectivity index (χ3v) is 19.7. The maximum absolute atomic E-state index is 15.7. The van der Waals surface area contributed by atoms with E-state index in [4.69, 9.17) is 0 Å². The molecule has 46 heavy (non-hydrogen) atoms. The summed E-state index contributed by atoms with van der Waals surface area (Å²) in [6.45, 7) is 13.2. The number of benzene rings is 4. The molecular weight excluding hydrogens is 589 g/mol. The summed E-state index contributed by atoms with van der Waals surface area (Å²) in [5.74, 6) is 0.295. The molecule has 0 saturated heterocycles. The van der Waals surface area contributed by atoms with Gasteiger partial charge < -0.3 is 0 Å². The van der Waals surface area contributed by atoms with Crippen molar-refractivity contribution in [2.24, 2.45) is 0 Å².